The van der Waals surface area contributed by atoms with Gasteiger partial charge in [-0.1, -0.05) is 13.8 Å². The van der Waals surface area contributed by atoms with E-state index in [1.54, 1.807) is 6.92 Å². The molecule has 0 bridgehead atoms. The maximum absolute atomic E-state index is 4.92. The second-order valence-corrected chi connectivity index (χ2v) is 1.80. The van der Waals surface area contributed by atoms with Crippen LogP contribution in [0.25, 0.3) is 0 Å². The Labute approximate surface area is 139 Å². The van der Waals surface area contributed by atoms with Crippen molar-refractivity contribution in [2.75, 3.05) is 0 Å². The summed E-state index contributed by atoms with van der Waals surface area (Å²) in [6, 6.07) is 0. The van der Waals surface area contributed by atoms with E-state index in [9.17, 15) is 0 Å². The fraction of sp³-hybridized carbons (Fsp3) is 0.200. The molecule has 0 aromatic heterocycles. The molecule has 0 heterocycles. The Balaban J connectivity index is -0.00000000800. The molecular weight excluding hydrogens is 309 g/mol. The fourth-order valence-electron chi connectivity index (χ4n) is 0. The van der Waals surface area contributed by atoms with E-state index in [0.29, 0.717) is 5.47 Å². The van der Waals surface area contributed by atoms with Crippen molar-refractivity contribution in [1.29, 1.82) is 0 Å². The maximum Gasteiger partial charge on any atom is 0.106 e. The molecule has 74 valence electrons. The number of allylic oxidation sites excluding steroid dienone is 2. The molecule has 4 radical (unpaired) electrons. The van der Waals surface area contributed by atoms with Crippen molar-refractivity contribution in [3.05, 3.63) is 53.4 Å². The summed E-state index contributed by atoms with van der Waals surface area (Å²) in [7, 11) is 4.92. The first-order valence-electron chi connectivity index (χ1n) is 2.35. The third kappa shape index (κ3) is 699. The quantitative estimate of drug-likeness (QED) is 0.472. The van der Waals surface area contributed by atoms with Gasteiger partial charge in [0.1, 0.15) is 7.85 Å². The van der Waals surface area contributed by atoms with Gasteiger partial charge in [-0.05, 0) is 0 Å². The van der Waals surface area contributed by atoms with Gasteiger partial charge >= 0.3 is 0 Å². The maximum atomic E-state index is 4.92. The summed E-state index contributed by atoms with van der Waals surface area (Å²) in [5.74, 6) is 0. The molecule has 3 heteroatoms. The van der Waals surface area contributed by atoms with Gasteiger partial charge in [-0.2, -0.15) is 0 Å². The number of rotatable bonds is 0. The standard InChI is InChI=1S/C4H7.C3H5B.3CH3.2Y/c1-4(2)3;1-3(2)4;;;;;/h1-2H2,3H3;1H2,2H3;3*1H3;;/q-1;;3*-1;;. The van der Waals surface area contributed by atoms with Crippen LogP contribution in [-0.2, 0) is 65.4 Å². The molecule has 0 saturated carbocycles. The molecule has 0 spiro atoms. The minimum absolute atomic E-state index is 0. The van der Waals surface area contributed by atoms with Crippen LogP contribution >= 0.6 is 0 Å². The van der Waals surface area contributed by atoms with E-state index in [2.05, 4.69) is 20.1 Å². The van der Waals surface area contributed by atoms with E-state index in [4.69, 9.17) is 7.85 Å². The Morgan fingerprint density at radius 2 is 1.00 bits per heavy atom. The van der Waals surface area contributed by atoms with Gasteiger partial charge in [-0.3, -0.25) is 0 Å². The van der Waals surface area contributed by atoms with Crippen molar-refractivity contribution < 1.29 is 65.4 Å². The molecule has 0 atom stereocenters. The van der Waals surface area contributed by atoms with Crippen molar-refractivity contribution in [2.45, 2.75) is 13.8 Å². The molecule has 0 aromatic carbocycles. The van der Waals surface area contributed by atoms with Gasteiger partial charge in [-0.15, -0.1) is 12.1 Å². The Kier molecular flexibility index (Phi) is 134. The summed E-state index contributed by atoms with van der Waals surface area (Å²) in [5, 5.41) is 0. The zero-order valence-corrected chi connectivity index (χ0v) is 15.5. The topological polar surface area (TPSA) is 0 Å². The molecule has 0 amide bonds. The second kappa shape index (κ2) is 37.4. The Hall–Kier alpha value is 1.62. The van der Waals surface area contributed by atoms with E-state index in [1.165, 1.54) is 0 Å². The van der Waals surface area contributed by atoms with E-state index in [0.717, 1.165) is 5.57 Å². The second-order valence-electron chi connectivity index (χ2n) is 1.80. The van der Waals surface area contributed by atoms with Gasteiger partial charge in [0, 0.05) is 65.4 Å². The average molecular weight is 330 g/mol. The molecule has 0 aliphatic rings. The zero-order chi connectivity index (χ0) is 7.15. The zero-order valence-electron chi connectivity index (χ0n) is 9.85. The summed E-state index contributed by atoms with van der Waals surface area (Å²) in [4.78, 5) is 0. The average Bonchev–Trinajstić information content (AvgIpc) is 1.25. The largest absolute Gasteiger partial charge is 0.358 e. The first kappa shape index (κ1) is 46.7. The molecule has 0 saturated heterocycles. The van der Waals surface area contributed by atoms with Crippen molar-refractivity contribution >= 4 is 7.85 Å². The van der Waals surface area contributed by atoms with Gasteiger partial charge < -0.3 is 22.3 Å². The minimum Gasteiger partial charge on any atom is -0.358 e. The molecular formula is C10H21BY2-4. The van der Waals surface area contributed by atoms with Crippen LogP contribution in [0.3, 0.4) is 0 Å². The summed E-state index contributed by atoms with van der Waals surface area (Å²) < 4.78 is 0. The molecule has 0 nitrogen and oxygen atoms in total. The summed E-state index contributed by atoms with van der Waals surface area (Å²) in [6.45, 7) is 13.8. The number of hydrogen-bond acceptors (Lipinski definition) is 0. The SMILES string of the molecule is C=C([CH2-])C.[B]C(=C)C.[CH3-].[CH3-].[CH3-].[Y].[Y]. The first-order chi connectivity index (χ1) is 3.46. The normalized spacial score (nSPS) is 3.85. The van der Waals surface area contributed by atoms with Crippen molar-refractivity contribution in [2.24, 2.45) is 0 Å². The molecule has 0 rings (SSSR count). The van der Waals surface area contributed by atoms with E-state index in [1.807, 2.05) is 6.92 Å². The summed E-state index contributed by atoms with van der Waals surface area (Å²) in [5.41, 5.74) is 1.58. The van der Waals surface area contributed by atoms with Crippen LogP contribution in [0.1, 0.15) is 13.8 Å². The Morgan fingerprint density at radius 3 is 1.00 bits per heavy atom. The predicted molar refractivity (Wildman–Crippen MR) is 60.0 cm³/mol. The van der Waals surface area contributed by atoms with Crippen LogP contribution in [0.4, 0.5) is 0 Å². The van der Waals surface area contributed by atoms with Gasteiger partial charge in [0.15, 0.2) is 0 Å². The van der Waals surface area contributed by atoms with Crippen LogP contribution in [0.5, 0.6) is 0 Å². The van der Waals surface area contributed by atoms with Gasteiger partial charge in [0.05, 0.1) is 0 Å². The first-order valence-corrected chi connectivity index (χ1v) is 2.35. The molecule has 0 aliphatic carbocycles. The third-order valence-corrected chi connectivity index (χ3v) is 0. The monoisotopic (exact) mass is 330 g/mol. The van der Waals surface area contributed by atoms with Crippen LogP contribution in [0.2, 0.25) is 0 Å². The fourth-order valence-corrected chi connectivity index (χ4v) is 0. The van der Waals surface area contributed by atoms with Crippen LogP contribution < -0.4 is 0 Å². The van der Waals surface area contributed by atoms with Crippen LogP contribution in [0, 0.1) is 29.2 Å². The molecule has 0 unspecified atom stereocenters. The van der Waals surface area contributed by atoms with E-state index >= 15 is 0 Å². The van der Waals surface area contributed by atoms with Gasteiger partial charge in [0.25, 0.3) is 0 Å². The molecule has 0 aliphatic heterocycles. The smallest absolute Gasteiger partial charge is 0.106 e. The van der Waals surface area contributed by atoms with E-state index in [-0.39, 0.29) is 87.7 Å². The molecule has 0 fully saturated rings. The Bertz CT molecular complexity index is 70.9. The molecule has 0 aromatic rings. The van der Waals surface area contributed by atoms with Gasteiger partial charge in [-0.25, -0.2) is 19.1 Å². The summed E-state index contributed by atoms with van der Waals surface area (Å²) >= 11 is 0. The predicted octanol–water partition coefficient (Wildman–Crippen LogP) is 3.43. The minimum atomic E-state index is 0. The third-order valence-electron chi connectivity index (χ3n) is 0. The van der Waals surface area contributed by atoms with Crippen molar-refractivity contribution in [3.8, 4) is 0 Å². The van der Waals surface area contributed by atoms with Crippen molar-refractivity contribution in [3.63, 3.8) is 0 Å². The van der Waals surface area contributed by atoms with Crippen LogP contribution in [-0.4, -0.2) is 7.85 Å². The molecule has 0 N–H and O–H groups in total. The van der Waals surface area contributed by atoms with Crippen LogP contribution in [0.15, 0.2) is 24.2 Å². The van der Waals surface area contributed by atoms with Gasteiger partial charge in [0.2, 0.25) is 0 Å². The van der Waals surface area contributed by atoms with Crippen molar-refractivity contribution in [1.82, 2.24) is 0 Å². The molecule has 13 heavy (non-hydrogen) atoms. The number of hydrogen-bond donors (Lipinski definition) is 0. The Morgan fingerprint density at radius 1 is 1.00 bits per heavy atom. The van der Waals surface area contributed by atoms with E-state index < -0.39 is 0 Å². The summed E-state index contributed by atoms with van der Waals surface area (Å²) in [6.07, 6.45) is 0.